The van der Waals surface area contributed by atoms with Gasteiger partial charge in [-0.05, 0) is 73.9 Å². The number of nitrogens with one attached hydrogen (secondary N) is 1. The largest absolute Gasteiger partial charge is 0.508 e. The van der Waals surface area contributed by atoms with Gasteiger partial charge in [-0.25, -0.2) is 0 Å². The maximum atomic E-state index is 11.9. The van der Waals surface area contributed by atoms with Crippen molar-refractivity contribution in [2.75, 3.05) is 13.6 Å². The van der Waals surface area contributed by atoms with E-state index in [2.05, 4.69) is 12.2 Å². The van der Waals surface area contributed by atoms with Crippen molar-refractivity contribution in [1.29, 1.82) is 0 Å². The Bertz CT molecular complexity index is 854. The molecule has 0 saturated heterocycles. The molecular weight excluding hydrogens is 350 g/mol. The van der Waals surface area contributed by atoms with Crippen LogP contribution in [0.15, 0.2) is 48.5 Å². The fraction of sp³-hybridized carbons (Fsp3) is 0.500. The van der Waals surface area contributed by atoms with Gasteiger partial charge in [-0.15, -0.1) is 0 Å². The fourth-order valence-corrected chi connectivity index (χ4v) is 6.06. The lowest BCUT2D eigenvalue weighted by atomic mass is 9.48. The third-order valence-corrected chi connectivity index (χ3v) is 7.44. The quantitative estimate of drug-likeness (QED) is 0.656. The number of hydrogen-bond acceptors (Lipinski definition) is 4. The van der Waals surface area contributed by atoms with Crippen LogP contribution in [-0.4, -0.2) is 34.5 Å². The van der Waals surface area contributed by atoms with Crippen LogP contribution in [0.1, 0.15) is 49.3 Å². The molecule has 0 bridgehead atoms. The summed E-state index contributed by atoms with van der Waals surface area (Å²) in [6.07, 6.45) is 3.77. The second-order valence-corrected chi connectivity index (χ2v) is 8.76. The Labute approximate surface area is 167 Å². The lowest BCUT2D eigenvalue weighted by Gasteiger charge is -2.60. The molecule has 0 unspecified atom stereocenters. The minimum Gasteiger partial charge on any atom is -0.508 e. The predicted octanol–water partition coefficient (Wildman–Crippen LogP) is 3.23. The number of aryl methyl sites for hydroxylation is 1. The van der Waals surface area contributed by atoms with Crippen LogP contribution in [0.5, 0.6) is 5.75 Å². The standard InChI is InChI=1S/C24H31NO3/c1-3-22-15-23(27,16-25-2)24(28,18-7-5-4-6-8-18)14-19(22)10-9-17-13-20(26)11-12-21(17)22/h4-8,11-13,19,25-28H,3,9-10,14-16H2,1-2H3/t19-,22-,23-,24-/m1/s1. The van der Waals surface area contributed by atoms with E-state index in [0.717, 1.165) is 24.8 Å². The van der Waals surface area contributed by atoms with Crippen molar-refractivity contribution in [2.45, 2.75) is 55.6 Å². The average Bonchev–Trinajstić information content (AvgIpc) is 2.69. The monoisotopic (exact) mass is 381 g/mol. The average molecular weight is 382 g/mol. The van der Waals surface area contributed by atoms with Crippen LogP contribution in [0.2, 0.25) is 0 Å². The molecule has 0 aliphatic heterocycles. The molecule has 4 atom stereocenters. The summed E-state index contributed by atoms with van der Waals surface area (Å²) in [5, 5.41) is 36.9. The topological polar surface area (TPSA) is 72.7 Å². The van der Waals surface area contributed by atoms with Gasteiger partial charge in [0.15, 0.2) is 0 Å². The number of aliphatic hydroxyl groups is 2. The Kier molecular flexibility index (Phi) is 4.77. The highest BCUT2D eigenvalue weighted by Crippen LogP contribution is 2.60. The number of likely N-dealkylation sites (N-methyl/N-ethyl adjacent to an activating group) is 1. The molecule has 28 heavy (non-hydrogen) atoms. The van der Waals surface area contributed by atoms with Crippen LogP contribution < -0.4 is 5.32 Å². The normalized spacial score (nSPS) is 34.5. The van der Waals surface area contributed by atoms with Crippen LogP contribution >= 0.6 is 0 Å². The molecule has 0 amide bonds. The summed E-state index contributed by atoms with van der Waals surface area (Å²) in [7, 11) is 1.82. The molecule has 0 aromatic heterocycles. The highest BCUT2D eigenvalue weighted by Gasteiger charge is 2.62. The van der Waals surface area contributed by atoms with Gasteiger partial charge in [0.25, 0.3) is 0 Å². The van der Waals surface area contributed by atoms with Crippen molar-refractivity contribution in [3.63, 3.8) is 0 Å². The van der Waals surface area contributed by atoms with Gasteiger partial charge in [0.05, 0.1) is 0 Å². The first-order chi connectivity index (χ1) is 13.4. The van der Waals surface area contributed by atoms with E-state index in [4.69, 9.17) is 0 Å². The van der Waals surface area contributed by atoms with E-state index in [-0.39, 0.29) is 11.3 Å². The molecule has 4 N–H and O–H groups in total. The summed E-state index contributed by atoms with van der Waals surface area (Å²) in [6, 6.07) is 15.3. The summed E-state index contributed by atoms with van der Waals surface area (Å²) in [6.45, 7) is 2.50. The Hall–Kier alpha value is -1.88. The number of rotatable bonds is 4. The Balaban J connectivity index is 1.86. The third-order valence-electron chi connectivity index (χ3n) is 7.44. The zero-order valence-corrected chi connectivity index (χ0v) is 16.8. The second-order valence-electron chi connectivity index (χ2n) is 8.76. The molecule has 2 aromatic carbocycles. The number of benzene rings is 2. The summed E-state index contributed by atoms with van der Waals surface area (Å²) in [4.78, 5) is 0. The van der Waals surface area contributed by atoms with Crippen molar-refractivity contribution in [1.82, 2.24) is 5.32 Å². The van der Waals surface area contributed by atoms with Crippen molar-refractivity contribution in [3.8, 4) is 5.75 Å². The molecule has 4 heteroatoms. The number of fused-ring (bicyclic) bond motifs is 3. The SMILES string of the molecule is CC[C@@]12C[C@@](O)(CNC)[C@](O)(c3ccccc3)C[C@H]1CCc1cc(O)ccc12. The number of aromatic hydroxyl groups is 1. The summed E-state index contributed by atoms with van der Waals surface area (Å²) >= 11 is 0. The molecule has 0 radical (unpaired) electrons. The first-order valence-corrected chi connectivity index (χ1v) is 10.4. The maximum Gasteiger partial charge on any atom is 0.120 e. The van der Waals surface area contributed by atoms with E-state index >= 15 is 0 Å². The molecule has 2 aliphatic carbocycles. The maximum absolute atomic E-state index is 11.9. The zero-order chi connectivity index (χ0) is 20.0. The van der Waals surface area contributed by atoms with E-state index in [0.29, 0.717) is 25.1 Å². The molecule has 0 spiro atoms. The van der Waals surface area contributed by atoms with Crippen LogP contribution in [-0.2, 0) is 17.4 Å². The number of hydrogen-bond donors (Lipinski definition) is 4. The molecule has 2 aromatic rings. The van der Waals surface area contributed by atoms with Gasteiger partial charge < -0.3 is 20.6 Å². The van der Waals surface area contributed by atoms with Crippen LogP contribution in [0.3, 0.4) is 0 Å². The first kappa shape index (κ1) is 19.4. The van der Waals surface area contributed by atoms with Gasteiger partial charge >= 0.3 is 0 Å². The molecular formula is C24H31NO3. The highest BCUT2D eigenvalue weighted by atomic mass is 16.4. The first-order valence-electron chi connectivity index (χ1n) is 10.4. The predicted molar refractivity (Wildman–Crippen MR) is 110 cm³/mol. The molecule has 4 nitrogen and oxygen atoms in total. The lowest BCUT2D eigenvalue weighted by molar-refractivity contribution is -0.211. The minimum atomic E-state index is -1.30. The highest BCUT2D eigenvalue weighted by molar-refractivity contribution is 5.45. The Morgan fingerprint density at radius 3 is 2.54 bits per heavy atom. The number of phenolic OH excluding ortho intramolecular Hbond substituents is 1. The fourth-order valence-electron chi connectivity index (χ4n) is 6.06. The van der Waals surface area contributed by atoms with Crippen molar-refractivity contribution in [3.05, 3.63) is 65.2 Å². The van der Waals surface area contributed by atoms with Crippen molar-refractivity contribution >= 4 is 0 Å². The summed E-state index contributed by atoms with van der Waals surface area (Å²) in [5.74, 6) is 0.572. The smallest absolute Gasteiger partial charge is 0.120 e. The van der Waals surface area contributed by atoms with Crippen LogP contribution in [0.4, 0.5) is 0 Å². The van der Waals surface area contributed by atoms with Gasteiger partial charge in [-0.1, -0.05) is 43.3 Å². The minimum absolute atomic E-state index is 0.201. The van der Waals surface area contributed by atoms with E-state index in [1.54, 1.807) is 6.07 Å². The zero-order valence-electron chi connectivity index (χ0n) is 16.8. The third kappa shape index (κ3) is 2.70. The van der Waals surface area contributed by atoms with E-state index < -0.39 is 11.2 Å². The molecule has 0 heterocycles. The lowest BCUT2D eigenvalue weighted by Crippen LogP contribution is -2.66. The summed E-state index contributed by atoms with van der Waals surface area (Å²) in [5.41, 5.74) is 0.406. The van der Waals surface area contributed by atoms with E-state index in [1.807, 2.05) is 49.5 Å². The Morgan fingerprint density at radius 1 is 1.11 bits per heavy atom. The van der Waals surface area contributed by atoms with E-state index in [1.165, 1.54) is 11.1 Å². The van der Waals surface area contributed by atoms with Gasteiger partial charge in [0.1, 0.15) is 17.0 Å². The van der Waals surface area contributed by atoms with Crippen molar-refractivity contribution in [2.24, 2.45) is 5.92 Å². The van der Waals surface area contributed by atoms with Gasteiger partial charge in [-0.3, -0.25) is 0 Å². The Morgan fingerprint density at radius 2 is 1.86 bits per heavy atom. The number of phenols is 1. The second kappa shape index (κ2) is 6.87. The van der Waals surface area contributed by atoms with Gasteiger partial charge in [0, 0.05) is 12.0 Å². The van der Waals surface area contributed by atoms with Gasteiger partial charge in [-0.2, -0.15) is 0 Å². The molecule has 150 valence electrons. The molecule has 2 aliphatic rings. The van der Waals surface area contributed by atoms with Crippen LogP contribution in [0, 0.1) is 5.92 Å². The summed E-state index contributed by atoms with van der Waals surface area (Å²) < 4.78 is 0. The molecule has 1 saturated carbocycles. The molecule has 1 fully saturated rings. The van der Waals surface area contributed by atoms with Crippen molar-refractivity contribution < 1.29 is 15.3 Å². The van der Waals surface area contributed by atoms with Crippen LogP contribution in [0.25, 0.3) is 0 Å². The van der Waals surface area contributed by atoms with Gasteiger partial charge in [0.2, 0.25) is 0 Å². The molecule has 4 rings (SSSR count). The van der Waals surface area contributed by atoms with E-state index in [9.17, 15) is 15.3 Å².